The lowest BCUT2D eigenvalue weighted by atomic mass is 10.2. The number of hydrogen-bond donors (Lipinski definition) is 0. The van der Waals surface area contributed by atoms with Crippen molar-refractivity contribution in [2.24, 2.45) is 17.3 Å². The third kappa shape index (κ3) is 0.353. The van der Waals surface area contributed by atoms with E-state index >= 15 is 0 Å². The van der Waals surface area contributed by atoms with Gasteiger partial charge in [0.25, 0.3) is 10.1 Å². The summed E-state index contributed by atoms with van der Waals surface area (Å²) in [4.78, 5) is 0. The molecule has 5 unspecified atom stereocenters. The molecule has 0 aromatic rings. The summed E-state index contributed by atoms with van der Waals surface area (Å²) in [6.45, 7) is 0. The molecule has 60 valence electrons. The van der Waals surface area contributed by atoms with Crippen LogP contribution in [0.5, 0.6) is 0 Å². The molecule has 3 saturated carbocycles. The van der Waals surface area contributed by atoms with Crippen molar-refractivity contribution >= 4 is 10.1 Å². The first-order chi connectivity index (χ1) is 5.16. The highest BCUT2D eigenvalue weighted by Crippen LogP contribution is 2.86. The molecule has 0 aromatic heterocycles. The zero-order valence-electron chi connectivity index (χ0n) is 5.86. The highest BCUT2D eigenvalue weighted by Gasteiger charge is 2.90. The van der Waals surface area contributed by atoms with Crippen LogP contribution in [0, 0.1) is 17.3 Å². The fraction of sp³-hybridized carbons (Fsp3) is 1.00. The average Bonchev–Trinajstić information content (AvgIpc) is 2.68. The van der Waals surface area contributed by atoms with Crippen molar-refractivity contribution in [2.75, 3.05) is 0 Å². The molecule has 11 heavy (non-hydrogen) atoms. The number of hydrogen-bond acceptors (Lipinski definition) is 3. The van der Waals surface area contributed by atoms with E-state index in [9.17, 15) is 8.42 Å². The molecule has 4 rings (SSSR count). The molecule has 3 nitrogen and oxygen atoms in total. The van der Waals surface area contributed by atoms with E-state index in [-0.39, 0.29) is 11.4 Å². The van der Waals surface area contributed by atoms with Crippen LogP contribution in [-0.4, -0.2) is 19.8 Å². The molecule has 3 aliphatic carbocycles. The van der Waals surface area contributed by atoms with Gasteiger partial charge in [0.1, 0.15) is 0 Å². The minimum absolute atomic E-state index is 0.105. The summed E-state index contributed by atoms with van der Waals surface area (Å²) in [6, 6.07) is 0. The van der Waals surface area contributed by atoms with Gasteiger partial charge in [0.2, 0.25) is 0 Å². The smallest absolute Gasteiger partial charge is 0.266 e. The quantitative estimate of drug-likeness (QED) is 0.487. The standard InChI is InChI=1S/C7H8O3S/c8-11(9)4-1-3-2-7(3)5(4)6(7)10-11/h3-6H,1-2H2. The lowest BCUT2D eigenvalue weighted by Crippen LogP contribution is -2.18. The molecule has 0 radical (unpaired) electrons. The molecular formula is C7H8O3S. The summed E-state index contributed by atoms with van der Waals surface area (Å²) in [7, 11) is -3.10. The van der Waals surface area contributed by atoms with Gasteiger partial charge in [-0.3, -0.25) is 4.18 Å². The Morgan fingerprint density at radius 3 is 2.91 bits per heavy atom. The predicted molar refractivity (Wildman–Crippen MR) is 36.2 cm³/mol. The van der Waals surface area contributed by atoms with E-state index in [1.807, 2.05) is 0 Å². The molecule has 5 atom stereocenters. The predicted octanol–water partition coefficient (Wildman–Crippen LogP) is 0.123. The first-order valence-corrected chi connectivity index (χ1v) is 5.55. The summed E-state index contributed by atoms with van der Waals surface area (Å²) < 4.78 is 27.4. The van der Waals surface area contributed by atoms with Crippen LogP contribution >= 0.6 is 0 Å². The zero-order valence-corrected chi connectivity index (χ0v) is 6.67. The van der Waals surface area contributed by atoms with E-state index in [1.54, 1.807) is 0 Å². The van der Waals surface area contributed by atoms with Crippen molar-refractivity contribution in [3.63, 3.8) is 0 Å². The van der Waals surface area contributed by atoms with Crippen LogP contribution in [0.4, 0.5) is 0 Å². The van der Waals surface area contributed by atoms with Crippen LogP contribution in [0.3, 0.4) is 0 Å². The van der Waals surface area contributed by atoms with Gasteiger partial charge in [-0.05, 0) is 18.8 Å². The van der Waals surface area contributed by atoms with Crippen LogP contribution < -0.4 is 0 Å². The second kappa shape index (κ2) is 1.09. The van der Waals surface area contributed by atoms with Gasteiger partial charge in [-0.2, -0.15) is 8.42 Å². The third-order valence-electron chi connectivity index (χ3n) is 4.09. The SMILES string of the molecule is O=S1(=O)OC2C3C1CC1CC123. The van der Waals surface area contributed by atoms with Crippen molar-refractivity contribution in [3.8, 4) is 0 Å². The van der Waals surface area contributed by atoms with Crippen LogP contribution in [0.15, 0.2) is 0 Å². The van der Waals surface area contributed by atoms with Gasteiger partial charge in [0.05, 0.1) is 11.4 Å². The van der Waals surface area contributed by atoms with E-state index < -0.39 is 10.1 Å². The Balaban J connectivity index is 1.96. The maximum Gasteiger partial charge on any atom is 0.270 e. The molecule has 1 heterocycles. The molecule has 4 fully saturated rings. The molecule has 0 aromatic carbocycles. The van der Waals surface area contributed by atoms with Crippen molar-refractivity contribution < 1.29 is 12.6 Å². The molecule has 0 amide bonds. The largest absolute Gasteiger partial charge is 0.270 e. The van der Waals surface area contributed by atoms with Crippen molar-refractivity contribution in [2.45, 2.75) is 24.2 Å². The van der Waals surface area contributed by atoms with Gasteiger partial charge in [0.15, 0.2) is 0 Å². The zero-order chi connectivity index (χ0) is 7.43. The lowest BCUT2D eigenvalue weighted by Gasteiger charge is -2.05. The van der Waals surface area contributed by atoms with Gasteiger partial charge in [-0.15, -0.1) is 0 Å². The van der Waals surface area contributed by atoms with E-state index in [4.69, 9.17) is 4.18 Å². The monoisotopic (exact) mass is 172 g/mol. The number of rotatable bonds is 0. The second-order valence-electron chi connectivity index (χ2n) is 4.32. The van der Waals surface area contributed by atoms with Gasteiger partial charge in [0, 0.05) is 11.3 Å². The maximum absolute atomic E-state index is 11.2. The Morgan fingerprint density at radius 1 is 1.45 bits per heavy atom. The Morgan fingerprint density at radius 2 is 2.27 bits per heavy atom. The van der Waals surface area contributed by atoms with Gasteiger partial charge in [-0.25, -0.2) is 0 Å². The Bertz CT molecular complexity index is 360. The van der Waals surface area contributed by atoms with Crippen LogP contribution in [0.25, 0.3) is 0 Å². The van der Waals surface area contributed by atoms with Crippen molar-refractivity contribution in [3.05, 3.63) is 0 Å². The summed E-state index contributed by atoms with van der Waals surface area (Å²) >= 11 is 0. The molecule has 1 spiro atoms. The summed E-state index contributed by atoms with van der Waals surface area (Å²) in [5.74, 6) is 1.12. The maximum atomic E-state index is 11.2. The first kappa shape index (κ1) is 5.54. The molecule has 0 bridgehead atoms. The van der Waals surface area contributed by atoms with Crippen LogP contribution in [0.1, 0.15) is 12.8 Å². The molecular weight excluding hydrogens is 164 g/mol. The van der Waals surface area contributed by atoms with Gasteiger partial charge in [-0.1, -0.05) is 0 Å². The fourth-order valence-corrected chi connectivity index (χ4v) is 5.46. The van der Waals surface area contributed by atoms with Crippen molar-refractivity contribution in [1.29, 1.82) is 0 Å². The van der Waals surface area contributed by atoms with E-state index in [1.165, 1.54) is 6.42 Å². The van der Waals surface area contributed by atoms with Gasteiger partial charge >= 0.3 is 0 Å². The van der Waals surface area contributed by atoms with Crippen LogP contribution in [-0.2, 0) is 14.3 Å². The first-order valence-electron chi connectivity index (χ1n) is 4.08. The Labute approximate surface area is 64.9 Å². The van der Waals surface area contributed by atoms with Gasteiger partial charge < -0.3 is 0 Å². The summed E-state index contributed by atoms with van der Waals surface area (Å²) in [5.41, 5.74) is 0.399. The second-order valence-corrected chi connectivity index (χ2v) is 6.11. The third-order valence-corrected chi connectivity index (χ3v) is 5.80. The minimum Gasteiger partial charge on any atom is -0.266 e. The average molecular weight is 172 g/mol. The fourth-order valence-electron chi connectivity index (χ4n) is 3.51. The molecule has 1 aliphatic heterocycles. The van der Waals surface area contributed by atoms with Crippen LogP contribution in [0.2, 0.25) is 0 Å². The van der Waals surface area contributed by atoms with E-state index in [0.717, 1.165) is 6.42 Å². The molecule has 0 N–H and O–H groups in total. The molecule has 1 saturated heterocycles. The topological polar surface area (TPSA) is 43.4 Å². The normalized spacial score (nSPS) is 72.4. The molecule has 4 aliphatic rings. The Hall–Kier alpha value is -0.0900. The minimum atomic E-state index is -3.10. The summed E-state index contributed by atoms with van der Waals surface area (Å²) in [5, 5.41) is -0.105. The van der Waals surface area contributed by atoms with Crippen molar-refractivity contribution in [1.82, 2.24) is 0 Å². The highest BCUT2D eigenvalue weighted by atomic mass is 32.2. The highest BCUT2D eigenvalue weighted by molar-refractivity contribution is 7.87. The van der Waals surface area contributed by atoms with E-state index in [2.05, 4.69) is 0 Å². The Kier molecular flexibility index (Phi) is 0.547. The molecule has 4 heteroatoms. The lowest BCUT2D eigenvalue weighted by molar-refractivity contribution is 0.292. The summed E-state index contributed by atoms with van der Waals surface area (Å²) in [6.07, 6.45) is 2.26. The van der Waals surface area contributed by atoms with E-state index in [0.29, 0.717) is 17.3 Å².